The van der Waals surface area contributed by atoms with Gasteiger partial charge >= 0.3 is 0 Å². The maximum Gasteiger partial charge on any atom is 0.103 e. The number of thiazole rings is 1. The first-order valence-electron chi connectivity index (χ1n) is 7.21. The average Bonchev–Trinajstić information content (AvgIpc) is 2.65. The van der Waals surface area contributed by atoms with Crippen LogP contribution < -0.4 is 5.32 Å². The van der Waals surface area contributed by atoms with Gasteiger partial charge in [0.25, 0.3) is 0 Å². The molecule has 0 radical (unpaired) electrons. The van der Waals surface area contributed by atoms with Crippen molar-refractivity contribution in [3.63, 3.8) is 0 Å². The fourth-order valence-corrected chi connectivity index (χ4v) is 3.54. The van der Waals surface area contributed by atoms with Gasteiger partial charge in [-0.25, -0.2) is 4.98 Å². The number of thioether (sulfide) groups is 1. The van der Waals surface area contributed by atoms with Crippen molar-refractivity contribution in [1.82, 2.24) is 10.3 Å². The first kappa shape index (κ1) is 17.0. The van der Waals surface area contributed by atoms with Crippen molar-refractivity contribution in [3.05, 3.63) is 15.6 Å². The minimum Gasteiger partial charge on any atom is -0.310 e. The summed E-state index contributed by atoms with van der Waals surface area (Å²) in [5.41, 5.74) is 1.31. The summed E-state index contributed by atoms with van der Waals surface area (Å²) in [6.07, 6.45) is 1.10. The molecule has 1 aromatic heterocycles. The first-order valence-corrected chi connectivity index (χ1v) is 9.07. The van der Waals surface area contributed by atoms with E-state index < -0.39 is 0 Å². The van der Waals surface area contributed by atoms with E-state index >= 15 is 0 Å². The Morgan fingerprint density at radius 2 is 1.84 bits per heavy atom. The van der Waals surface area contributed by atoms with E-state index in [1.165, 1.54) is 15.6 Å². The quantitative estimate of drug-likeness (QED) is 0.766. The molecule has 0 aliphatic rings. The van der Waals surface area contributed by atoms with Crippen LogP contribution in [0.15, 0.2) is 0 Å². The molecule has 0 fully saturated rings. The molecular formula is C15H28N2S2. The highest BCUT2D eigenvalue weighted by molar-refractivity contribution is 7.99. The molecule has 1 heterocycles. The van der Waals surface area contributed by atoms with Crippen LogP contribution in [0.3, 0.4) is 0 Å². The van der Waals surface area contributed by atoms with Gasteiger partial charge in [0, 0.05) is 23.2 Å². The molecule has 2 nitrogen and oxygen atoms in total. The van der Waals surface area contributed by atoms with Crippen molar-refractivity contribution in [2.45, 2.75) is 71.6 Å². The molecule has 19 heavy (non-hydrogen) atoms. The highest BCUT2D eigenvalue weighted by Gasteiger charge is 2.13. The lowest BCUT2D eigenvalue weighted by molar-refractivity contribution is 0.581. The van der Waals surface area contributed by atoms with E-state index in [2.05, 4.69) is 46.9 Å². The van der Waals surface area contributed by atoms with Crippen LogP contribution >= 0.6 is 23.1 Å². The van der Waals surface area contributed by atoms with Crippen molar-refractivity contribution in [2.75, 3.05) is 0 Å². The van der Waals surface area contributed by atoms with Crippen LogP contribution in [0.25, 0.3) is 0 Å². The molecular weight excluding hydrogens is 272 g/mol. The smallest absolute Gasteiger partial charge is 0.103 e. The molecule has 4 heteroatoms. The molecule has 0 saturated heterocycles. The zero-order chi connectivity index (χ0) is 14.4. The molecule has 0 unspecified atom stereocenters. The van der Waals surface area contributed by atoms with Gasteiger partial charge in [0.05, 0.1) is 5.69 Å². The highest BCUT2D eigenvalue weighted by atomic mass is 32.2. The molecule has 0 amide bonds. The summed E-state index contributed by atoms with van der Waals surface area (Å²) in [7, 11) is 0. The summed E-state index contributed by atoms with van der Waals surface area (Å²) in [6, 6.07) is 0.530. The molecule has 0 aromatic carbocycles. The molecule has 1 rings (SSSR count). The number of nitrogens with one attached hydrogen (secondary N) is 1. The standard InChI is InChI=1S/C15H28N2S2/c1-10(2)7-13-14(8-16-11(3)4)19-15(17-13)9-18-12(5)6/h10-12,16H,7-9H2,1-6H3. The predicted molar refractivity (Wildman–Crippen MR) is 89.1 cm³/mol. The number of rotatable bonds is 8. The number of nitrogens with zero attached hydrogens (tertiary/aromatic N) is 1. The Hall–Kier alpha value is -0.0600. The van der Waals surface area contributed by atoms with E-state index in [0.29, 0.717) is 17.2 Å². The number of hydrogen-bond acceptors (Lipinski definition) is 4. The normalized spacial score (nSPS) is 12.1. The molecule has 110 valence electrons. The Morgan fingerprint density at radius 3 is 2.37 bits per heavy atom. The maximum absolute atomic E-state index is 4.86. The van der Waals surface area contributed by atoms with Crippen LogP contribution in [-0.2, 0) is 18.7 Å². The summed E-state index contributed by atoms with van der Waals surface area (Å²) >= 11 is 3.87. The molecule has 0 spiro atoms. The van der Waals surface area contributed by atoms with Gasteiger partial charge in [0.1, 0.15) is 5.01 Å². The topological polar surface area (TPSA) is 24.9 Å². The van der Waals surface area contributed by atoms with Crippen LogP contribution in [0.4, 0.5) is 0 Å². The van der Waals surface area contributed by atoms with Gasteiger partial charge in [-0.15, -0.1) is 11.3 Å². The lowest BCUT2D eigenvalue weighted by Crippen LogP contribution is -2.22. The lowest BCUT2D eigenvalue weighted by atomic mass is 10.1. The van der Waals surface area contributed by atoms with Gasteiger partial charge in [-0.1, -0.05) is 41.5 Å². The van der Waals surface area contributed by atoms with Crippen molar-refractivity contribution in [1.29, 1.82) is 0 Å². The highest BCUT2D eigenvalue weighted by Crippen LogP contribution is 2.26. The predicted octanol–water partition coefficient (Wildman–Crippen LogP) is 4.48. The Bertz CT molecular complexity index is 370. The Kier molecular flexibility index (Phi) is 7.40. The van der Waals surface area contributed by atoms with Crippen LogP contribution in [0, 0.1) is 5.92 Å². The minimum absolute atomic E-state index is 0.530. The fourth-order valence-electron chi connectivity index (χ4n) is 1.72. The van der Waals surface area contributed by atoms with E-state index in [0.717, 1.165) is 18.7 Å². The lowest BCUT2D eigenvalue weighted by Gasteiger charge is -2.08. The third-order valence-corrected chi connectivity index (χ3v) is 5.02. The van der Waals surface area contributed by atoms with Crippen molar-refractivity contribution in [3.8, 4) is 0 Å². The van der Waals surface area contributed by atoms with Crippen molar-refractivity contribution >= 4 is 23.1 Å². The van der Waals surface area contributed by atoms with Crippen LogP contribution in [0.1, 0.15) is 57.1 Å². The maximum atomic E-state index is 4.86. The van der Waals surface area contributed by atoms with Crippen LogP contribution in [0.5, 0.6) is 0 Å². The molecule has 0 saturated carbocycles. The van der Waals surface area contributed by atoms with Crippen molar-refractivity contribution < 1.29 is 0 Å². The van der Waals surface area contributed by atoms with E-state index in [9.17, 15) is 0 Å². The van der Waals surface area contributed by atoms with E-state index in [4.69, 9.17) is 4.98 Å². The summed E-state index contributed by atoms with van der Waals surface area (Å²) in [5.74, 6) is 1.72. The zero-order valence-corrected chi connectivity index (χ0v) is 14.8. The second-order valence-electron chi connectivity index (χ2n) is 5.97. The molecule has 1 N–H and O–H groups in total. The average molecular weight is 301 g/mol. The Morgan fingerprint density at radius 1 is 1.16 bits per heavy atom. The van der Waals surface area contributed by atoms with E-state index in [1.54, 1.807) is 0 Å². The molecule has 1 aromatic rings. The third-order valence-electron chi connectivity index (χ3n) is 2.64. The van der Waals surface area contributed by atoms with Gasteiger partial charge in [0.15, 0.2) is 0 Å². The second-order valence-corrected chi connectivity index (χ2v) is 8.70. The molecule has 0 aliphatic heterocycles. The Labute approximate surface area is 126 Å². The first-order chi connectivity index (χ1) is 8.88. The van der Waals surface area contributed by atoms with Gasteiger partial charge in [-0.2, -0.15) is 11.8 Å². The van der Waals surface area contributed by atoms with Crippen molar-refractivity contribution in [2.24, 2.45) is 5.92 Å². The van der Waals surface area contributed by atoms with Crippen LogP contribution in [0.2, 0.25) is 0 Å². The Balaban J connectivity index is 2.73. The van der Waals surface area contributed by atoms with Crippen LogP contribution in [-0.4, -0.2) is 16.3 Å². The number of hydrogen-bond donors (Lipinski definition) is 1. The summed E-state index contributed by atoms with van der Waals surface area (Å²) in [4.78, 5) is 6.29. The summed E-state index contributed by atoms with van der Waals surface area (Å²) < 4.78 is 0. The largest absolute Gasteiger partial charge is 0.310 e. The van der Waals surface area contributed by atoms with Gasteiger partial charge in [0.2, 0.25) is 0 Å². The van der Waals surface area contributed by atoms with E-state index in [-0.39, 0.29) is 0 Å². The fraction of sp³-hybridized carbons (Fsp3) is 0.800. The summed E-state index contributed by atoms with van der Waals surface area (Å²) in [5, 5.41) is 5.48. The summed E-state index contributed by atoms with van der Waals surface area (Å²) in [6.45, 7) is 14.4. The number of aromatic nitrogens is 1. The minimum atomic E-state index is 0.530. The molecule has 0 bridgehead atoms. The second kappa shape index (κ2) is 8.28. The zero-order valence-electron chi connectivity index (χ0n) is 13.1. The van der Waals surface area contributed by atoms with Gasteiger partial charge in [-0.3, -0.25) is 0 Å². The van der Waals surface area contributed by atoms with E-state index in [1.807, 2.05) is 23.1 Å². The van der Waals surface area contributed by atoms with Gasteiger partial charge < -0.3 is 5.32 Å². The third kappa shape index (κ3) is 6.77. The molecule has 0 aliphatic carbocycles. The molecule has 0 atom stereocenters. The monoisotopic (exact) mass is 300 g/mol. The SMILES string of the molecule is CC(C)Cc1nc(CSC(C)C)sc1CNC(C)C. The van der Waals surface area contributed by atoms with Gasteiger partial charge in [-0.05, 0) is 17.6 Å².